The molecule has 30 heavy (non-hydrogen) atoms. The summed E-state index contributed by atoms with van der Waals surface area (Å²) in [5.74, 6) is 1.25. The monoisotopic (exact) mass is 400 g/mol. The van der Waals surface area contributed by atoms with Crippen molar-refractivity contribution in [2.75, 3.05) is 5.32 Å². The maximum Gasteiger partial charge on any atom is 0.184 e. The molecule has 2 aromatic heterocycles. The van der Waals surface area contributed by atoms with Gasteiger partial charge >= 0.3 is 0 Å². The van der Waals surface area contributed by atoms with Crippen molar-refractivity contribution in [3.8, 4) is 11.4 Å². The average Bonchev–Trinajstić information content (AvgIpc) is 3.19. The van der Waals surface area contributed by atoms with E-state index >= 15 is 0 Å². The van der Waals surface area contributed by atoms with Crippen LogP contribution in [0.4, 0.5) is 5.82 Å². The Hall–Kier alpha value is -3.32. The number of aromatic nitrogens is 5. The molecular weight excluding hydrogens is 376 g/mol. The number of fused-ring (bicyclic) bond motifs is 1. The van der Waals surface area contributed by atoms with E-state index in [9.17, 15) is 5.11 Å². The Morgan fingerprint density at radius 3 is 2.43 bits per heavy atom. The lowest BCUT2D eigenvalue weighted by Crippen LogP contribution is -2.36. The van der Waals surface area contributed by atoms with E-state index < -0.39 is 0 Å². The van der Waals surface area contributed by atoms with Gasteiger partial charge in [0.15, 0.2) is 22.8 Å². The highest BCUT2D eigenvalue weighted by Crippen LogP contribution is 2.27. The van der Waals surface area contributed by atoms with Crippen molar-refractivity contribution in [1.29, 1.82) is 0 Å². The van der Waals surface area contributed by atoms with Crippen molar-refractivity contribution >= 4 is 17.0 Å². The van der Waals surface area contributed by atoms with E-state index in [4.69, 9.17) is 9.97 Å². The van der Waals surface area contributed by atoms with Crippen LogP contribution in [0.25, 0.3) is 22.6 Å². The third-order valence-corrected chi connectivity index (χ3v) is 5.62. The lowest BCUT2D eigenvalue weighted by molar-refractivity contribution is 0.116. The summed E-state index contributed by atoms with van der Waals surface area (Å²) in [7, 11) is 0. The Morgan fingerprint density at radius 2 is 1.67 bits per heavy atom. The molecule has 5 rings (SSSR count). The maximum absolute atomic E-state index is 10.4. The highest BCUT2D eigenvalue weighted by molar-refractivity contribution is 5.84. The molecule has 0 spiro atoms. The van der Waals surface area contributed by atoms with Crippen LogP contribution in [0.5, 0.6) is 0 Å². The molecule has 0 unspecified atom stereocenters. The van der Waals surface area contributed by atoms with E-state index in [-0.39, 0.29) is 12.1 Å². The lowest BCUT2D eigenvalue weighted by Gasteiger charge is -2.28. The van der Waals surface area contributed by atoms with E-state index in [1.165, 1.54) is 0 Å². The second-order valence-electron chi connectivity index (χ2n) is 7.77. The van der Waals surface area contributed by atoms with Crippen molar-refractivity contribution in [2.24, 2.45) is 0 Å². The quantitative estimate of drug-likeness (QED) is 0.532. The first-order chi connectivity index (χ1) is 14.8. The van der Waals surface area contributed by atoms with Crippen LogP contribution < -0.4 is 5.32 Å². The summed E-state index contributed by atoms with van der Waals surface area (Å²) in [5, 5.41) is 22.6. The van der Waals surface area contributed by atoms with E-state index in [2.05, 4.69) is 27.8 Å². The molecule has 2 N–H and O–H groups in total. The van der Waals surface area contributed by atoms with Crippen LogP contribution in [-0.4, -0.2) is 42.2 Å². The number of rotatable bonds is 5. The minimum absolute atomic E-state index is 0.0419. The normalized spacial score (nSPS) is 19.1. The Labute approximate surface area is 174 Å². The van der Waals surface area contributed by atoms with Gasteiger partial charge in [-0.3, -0.25) is 0 Å². The van der Waals surface area contributed by atoms with Gasteiger partial charge in [0.05, 0.1) is 18.7 Å². The molecule has 2 aromatic carbocycles. The van der Waals surface area contributed by atoms with Gasteiger partial charge in [-0.15, -0.1) is 5.10 Å². The van der Waals surface area contributed by atoms with Gasteiger partial charge in [0, 0.05) is 5.56 Å². The van der Waals surface area contributed by atoms with E-state index in [1.807, 2.05) is 48.5 Å². The third-order valence-electron chi connectivity index (χ3n) is 5.62. The van der Waals surface area contributed by atoms with Gasteiger partial charge in [-0.2, -0.15) is 0 Å². The lowest BCUT2D eigenvalue weighted by atomic mass is 9.92. The van der Waals surface area contributed by atoms with Crippen LogP contribution in [0.1, 0.15) is 31.2 Å². The van der Waals surface area contributed by atoms with Crippen LogP contribution in [0.3, 0.4) is 0 Å². The molecule has 0 saturated heterocycles. The fourth-order valence-corrected chi connectivity index (χ4v) is 3.99. The van der Waals surface area contributed by atoms with E-state index in [1.54, 1.807) is 4.68 Å². The summed E-state index contributed by atoms with van der Waals surface area (Å²) < 4.78 is 1.81. The van der Waals surface area contributed by atoms with Gasteiger partial charge in [0.1, 0.15) is 0 Å². The number of nitrogens with one attached hydrogen (secondary N) is 1. The number of anilines is 1. The summed E-state index contributed by atoms with van der Waals surface area (Å²) in [6.45, 7) is 0.577. The molecule has 1 aliphatic rings. The van der Waals surface area contributed by atoms with Crippen molar-refractivity contribution in [2.45, 2.75) is 44.4 Å². The molecular formula is C23H24N6O. The minimum atomic E-state index is -0.386. The van der Waals surface area contributed by atoms with Gasteiger partial charge in [-0.1, -0.05) is 78.7 Å². The van der Waals surface area contributed by atoms with Crippen molar-refractivity contribution in [3.63, 3.8) is 0 Å². The fourth-order valence-electron chi connectivity index (χ4n) is 3.99. The van der Waals surface area contributed by atoms with Gasteiger partial charge < -0.3 is 10.4 Å². The van der Waals surface area contributed by atoms with Gasteiger partial charge in [0.2, 0.25) is 0 Å². The third kappa shape index (κ3) is 3.76. The summed E-state index contributed by atoms with van der Waals surface area (Å²) in [6, 6.07) is 20.0. The predicted molar refractivity (Wildman–Crippen MR) is 116 cm³/mol. The number of aliphatic hydroxyl groups is 1. The molecule has 1 aliphatic carbocycles. The highest BCUT2D eigenvalue weighted by atomic mass is 16.3. The Balaban J connectivity index is 1.59. The first-order valence-electron chi connectivity index (χ1n) is 10.4. The van der Waals surface area contributed by atoms with Gasteiger partial charge in [0.25, 0.3) is 0 Å². The Kier molecular flexibility index (Phi) is 5.11. The summed E-state index contributed by atoms with van der Waals surface area (Å²) >= 11 is 0. The maximum atomic E-state index is 10.4. The van der Waals surface area contributed by atoms with Crippen LogP contribution in [0.15, 0.2) is 60.7 Å². The number of aliphatic hydroxyl groups excluding tert-OH is 1. The molecule has 152 valence electrons. The molecule has 2 heterocycles. The predicted octanol–water partition coefficient (Wildman–Crippen LogP) is 3.65. The van der Waals surface area contributed by atoms with Gasteiger partial charge in [-0.05, 0) is 18.4 Å². The molecule has 1 fully saturated rings. The Morgan fingerprint density at radius 1 is 0.933 bits per heavy atom. The van der Waals surface area contributed by atoms with Crippen LogP contribution >= 0.6 is 0 Å². The van der Waals surface area contributed by atoms with E-state index in [0.717, 1.165) is 36.8 Å². The van der Waals surface area contributed by atoms with Crippen molar-refractivity contribution < 1.29 is 5.11 Å². The second kappa shape index (κ2) is 8.20. The van der Waals surface area contributed by atoms with Crippen LogP contribution in [-0.2, 0) is 6.54 Å². The van der Waals surface area contributed by atoms with Crippen molar-refractivity contribution in [1.82, 2.24) is 25.0 Å². The molecule has 0 amide bonds. The first-order valence-corrected chi connectivity index (χ1v) is 10.4. The smallest absolute Gasteiger partial charge is 0.184 e. The molecule has 2 atom stereocenters. The summed E-state index contributed by atoms with van der Waals surface area (Å²) in [4.78, 5) is 9.57. The highest BCUT2D eigenvalue weighted by Gasteiger charge is 2.25. The SMILES string of the molecule is O[C@@H]1CCCC[C@H]1Nc1nc(-c2ccccc2)nc2c1nnn2Cc1ccccc1. The molecule has 4 aromatic rings. The number of hydrogen-bond acceptors (Lipinski definition) is 6. The van der Waals surface area contributed by atoms with Crippen LogP contribution in [0, 0.1) is 0 Å². The number of benzene rings is 2. The van der Waals surface area contributed by atoms with E-state index in [0.29, 0.717) is 29.4 Å². The average molecular weight is 400 g/mol. The molecule has 1 saturated carbocycles. The standard InChI is InChI=1S/C23H24N6O/c30-19-14-8-7-13-18(19)24-22-20-23(26-21(25-22)17-11-5-2-6-12-17)29(28-27-20)15-16-9-3-1-4-10-16/h1-6,9-12,18-19,30H,7-8,13-15H2,(H,24,25,26)/t18-,19-/m1/s1. The summed E-state index contributed by atoms with van der Waals surface area (Å²) in [6.07, 6.45) is 3.48. The minimum Gasteiger partial charge on any atom is -0.391 e. The number of nitrogens with zero attached hydrogens (tertiary/aromatic N) is 5. The zero-order valence-electron chi connectivity index (χ0n) is 16.6. The zero-order chi connectivity index (χ0) is 20.3. The van der Waals surface area contributed by atoms with Crippen LogP contribution in [0.2, 0.25) is 0 Å². The van der Waals surface area contributed by atoms with Gasteiger partial charge in [-0.25, -0.2) is 14.6 Å². The molecule has 0 aliphatic heterocycles. The molecule has 0 radical (unpaired) electrons. The Bertz CT molecular complexity index is 1130. The topological polar surface area (TPSA) is 88.8 Å². The molecule has 7 nitrogen and oxygen atoms in total. The second-order valence-corrected chi connectivity index (χ2v) is 7.77. The molecule has 0 bridgehead atoms. The molecule has 7 heteroatoms. The van der Waals surface area contributed by atoms with Crippen molar-refractivity contribution in [3.05, 3.63) is 66.2 Å². The first kappa shape index (κ1) is 18.7. The number of hydrogen-bond donors (Lipinski definition) is 2. The zero-order valence-corrected chi connectivity index (χ0v) is 16.6. The largest absolute Gasteiger partial charge is 0.391 e. The summed E-state index contributed by atoms with van der Waals surface area (Å²) in [5.41, 5.74) is 3.37. The fraction of sp³-hybridized carbons (Fsp3) is 0.304.